The smallest absolute Gasteiger partial charge is 0.355 e. The Morgan fingerprint density at radius 3 is 2.17 bits per heavy atom. The maximum Gasteiger partial charge on any atom is 0.355 e. The Hall–Kier alpha value is -5.96. The number of amides is 2. The van der Waals surface area contributed by atoms with Crippen molar-refractivity contribution in [1.82, 2.24) is 15.2 Å². The molecule has 3 heterocycles. The highest BCUT2D eigenvalue weighted by Gasteiger charge is 2.54. The maximum absolute atomic E-state index is 14.1. The molecular formula is C44H39ClFN5O6S2. The Morgan fingerprint density at radius 1 is 0.966 bits per heavy atom. The highest BCUT2D eigenvalue weighted by molar-refractivity contribution is 8.00. The monoisotopic (exact) mass is 851 g/mol. The van der Waals surface area contributed by atoms with Crippen LogP contribution < -0.4 is 15.4 Å². The first-order chi connectivity index (χ1) is 28.9. The highest BCUT2D eigenvalue weighted by atomic mass is 35.5. The molecule has 302 valence electrons. The van der Waals surface area contributed by atoms with Gasteiger partial charge in [-0.05, 0) is 40.0 Å². The minimum atomic E-state index is -1.03. The van der Waals surface area contributed by atoms with E-state index >= 15 is 0 Å². The Labute approximate surface area is 353 Å². The largest absolute Gasteiger partial charge is 0.497 e. The first-order valence-corrected chi connectivity index (χ1v) is 21.0. The van der Waals surface area contributed by atoms with Gasteiger partial charge in [0.25, 0.3) is 11.8 Å². The van der Waals surface area contributed by atoms with Gasteiger partial charge in [0, 0.05) is 17.0 Å². The number of hydrogen-bond donors (Lipinski definition) is 2. The van der Waals surface area contributed by atoms with E-state index in [4.69, 9.17) is 30.9 Å². The first-order valence-electron chi connectivity index (χ1n) is 18.6. The van der Waals surface area contributed by atoms with E-state index in [2.05, 4.69) is 15.8 Å². The SMILES string of the molecule is COc1ccc(COC(=O)C2=C(/C=C\CCl)CS[C@@H]3[C@H](NC(=O)/C(=N\OCCF)c4csc(NC(c5ccccc5)(c5ccccc5)c5ccccc5)n4)C(=O)N23)cc1. The molecule has 0 spiro atoms. The van der Waals surface area contributed by atoms with Crippen LogP contribution in [-0.2, 0) is 36.1 Å². The van der Waals surface area contributed by atoms with Crippen LogP contribution in [0.3, 0.4) is 0 Å². The molecule has 0 unspecified atom stereocenters. The van der Waals surface area contributed by atoms with Crippen LogP contribution >= 0.6 is 34.7 Å². The number of anilines is 1. The lowest BCUT2D eigenvalue weighted by atomic mass is 9.77. The van der Waals surface area contributed by atoms with E-state index in [9.17, 15) is 18.8 Å². The second-order valence-corrected chi connectivity index (χ2v) is 15.5. The average Bonchev–Trinajstić information content (AvgIpc) is 3.75. The van der Waals surface area contributed by atoms with E-state index < -0.39 is 48.0 Å². The number of nitrogens with one attached hydrogen (secondary N) is 2. The molecule has 2 atom stereocenters. The minimum absolute atomic E-state index is 0.0365. The van der Waals surface area contributed by atoms with Gasteiger partial charge in [0.05, 0.1) is 7.11 Å². The van der Waals surface area contributed by atoms with Crippen molar-refractivity contribution in [2.24, 2.45) is 5.16 Å². The Kier molecular flexibility index (Phi) is 13.4. The van der Waals surface area contributed by atoms with Crippen LogP contribution in [-0.4, -0.2) is 76.8 Å². The lowest BCUT2D eigenvalue weighted by Gasteiger charge is -2.49. The van der Waals surface area contributed by atoms with Gasteiger partial charge in [-0.2, -0.15) is 0 Å². The lowest BCUT2D eigenvalue weighted by Crippen LogP contribution is -2.71. The molecule has 2 aliphatic heterocycles. The number of nitrogens with zero attached hydrogens (tertiary/aromatic N) is 3. The molecule has 7 rings (SSSR count). The van der Waals surface area contributed by atoms with E-state index in [1.807, 2.05) is 91.0 Å². The average molecular weight is 852 g/mol. The van der Waals surface area contributed by atoms with Crippen LogP contribution in [0.25, 0.3) is 0 Å². The molecule has 2 amide bonds. The summed E-state index contributed by atoms with van der Waals surface area (Å²) in [5.41, 5.74) is 3.21. The fourth-order valence-corrected chi connectivity index (χ4v) is 8.98. The molecule has 1 aromatic heterocycles. The van der Waals surface area contributed by atoms with Gasteiger partial charge < -0.3 is 24.9 Å². The summed E-state index contributed by atoms with van der Waals surface area (Å²) in [5, 5.41) is 11.9. The van der Waals surface area contributed by atoms with Gasteiger partial charge in [-0.25, -0.2) is 14.2 Å². The van der Waals surface area contributed by atoms with Crippen molar-refractivity contribution in [1.29, 1.82) is 0 Å². The second kappa shape index (κ2) is 19.2. The van der Waals surface area contributed by atoms with Crippen molar-refractivity contribution >= 4 is 63.3 Å². The summed E-state index contributed by atoms with van der Waals surface area (Å²) < 4.78 is 24.1. The molecule has 15 heteroatoms. The van der Waals surface area contributed by atoms with Gasteiger partial charge >= 0.3 is 5.97 Å². The number of benzene rings is 4. The molecule has 2 N–H and O–H groups in total. The third-order valence-electron chi connectivity index (χ3n) is 9.62. The number of oxime groups is 1. The van der Waals surface area contributed by atoms with E-state index in [-0.39, 0.29) is 29.6 Å². The Bertz CT molecular complexity index is 2250. The van der Waals surface area contributed by atoms with Crippen molar-refractivity contribution in [2.45, 2.75) is 23.6 Å². The summed E-state index contributed by atoms with van der Waals surface area (Å²) in [7, 11) is 1.56. The number of hydrogen-bond acceptors (Lipinski definition) is 11. The van der Waals surface area contributed by atoms with Crippen LogP contribution in [0.5, 0.6) is 5.75 Å². The molecule has 59 heavy (non-hydrogen) atoms. The van der Waals surface area contributed by atoms with E-state index in [0.717, 1.165) is 22.3 Å². The number of aromatic nitrogens is 1. The fourth-order valence-electron chi connectivity index (χ4n) is 6.83. The zero-order chi connectivity index (χ0) is 41.2. The van der Waals surface area contributed by atoms with Crippen molar-refractivity contribution in [3.8, 4) is 5.75 Å². The summed E-state index contributed by atoms with van der Waals surface area (Å²) in [4.78, 5) is 52.8. The summed E-state index contributed by atoms with van der Waals surface area (Å²) in [6, 6.07) is 35.9. The van der Waals surface area contributed by atoms with Crippen LogP contribution in [0.15, 0.2) is 149 Å². The molecule has 4 aromatic carbocycles. The number of methoxy groups -OCH3 is 1. The summed E-state index contributed by atoms with van der Waals surface area (Å²) >= 11 is 8.54. The standard InChI is InChI=1S/C44H39ClFN5O6S2/c1-55-34-21-19-29(20-22-34)26-56-42(54)38-30(12-11-23-45)27-58-41-37(40(53)51(38)41)48-39(52)36(50-57-25-24-46)35-28-59-43(47-35)49-44(31-13-5-2-6-14-31,32-15-7-3-8-16-32)33-17-9-4-10-18-33/h2-22,28,37,41H,23-27H2,1H3,(H,47,49)(H,48,52)/b12-11-,50-36-/t37-,41-/m1/s1. The van der Waals surface area contributed by atoms with Crippen LogP contribution in [0.1, 0.15) is 27.9 Å². The molecule has 0 aliphatic carbocycles. The first kappa shape index (κ1) is 41.2. The second-order valence-electron chi connectivity index (χ2n) is 13.2. The number of esters is 1. The van der Waals surface area contributed by atoms with Gasteiger partial charge in [-0.15, -0.1) is 34.7 Å². The molecule has 5 aromatic rings. The van der Waals surface area contributed by atoms with Crippen molar-refractivity contribution in [2.75, 3.05) is 37.3 Å². The number of thioether (sulfide) groups is 1. The summed E-state index contributed by atoms with van der Waals surface area (Å²) in [6.45, 7) is -1.27. The van der Waals surface area contributed by atoms with Gasteiger partial charge in [0.2, 0.25) is 0 Å². The number of carbonyl (C=O) groups is 3. The van der Waals surface area contributed by atoms with Crippen molar-refractivity contribution in [3.63, 3.8) is 0 Å². The third-order valence-corrected chi connectivity index (χ3v) is 11.9. The predicted octanol–water partition coefficient (Wildman–Crippen LogP) is 7.44. The van der Waals surface area contributed by atoms with Gasteiger partial charge in [-0.1, -0.05) is 120 Å². The summed E-state index contributed by atoms with van der Waals surface area (Å²) in [6.07, 6.45) is 3.38. The highest BCUT2D eigenvalue weighted by Crippen LogP contribution is 2.42. The molecule has 11 nitrogen and oxygen atoms in total. The zero-order valence-corrected chi connectivity index (χ0v) is 34.1. The molecule has 2 aliphatic rings. The lowest BCUT2D eigenvalue weighted by molar-refractivity contribution is -0.153. The van der Waals surface area contributed by atoms with E-state index in [1.54, 1.807) is 48.9 Å². The van der Waals surface area contributed by atoms with Gasteiger partial charge in [0.1, 0.15) is 54.0 Å². The number of β-lactam (4-membered cyclic amide) rings is 1. The number of alkyl halides is 2. The number of ether oxygens (including phenoxy) is 2. The minimum Gasteiger partial charge on any atom is -0.497 e. The van der Waals surface area contributed by atoms with Crippen LogP contribution in [0.4, 0.5) is 9.52 Å². The molecule has 0 radical (unpaired) electrons. The number of halogens is 2. The topological polar surface area (TPSA) is 131 Å². The molecular weight excluding hydrogens is 813 g/mol. The predicted molar refractivity (Wildman–Crippen MR) is 228 cm³/mol. The molecule has 1 fully saturated rings. The van der Waals surface area contributed by atoms with Crippen LogP contribution in [0, 0.1) is 0 Å². The molecule has 0 bridgehead atoms. The summed E-state index contributed by atoms with van der Waals surface area (Å²) in [5.74, 6) is -0.778. The van der Waals surface area contributed by atoms with Gasteiger partial charge in [-0.3, -0.25) is 14.5 Å². The van der Waals surface area contributed by atoms with Crippen molar-refractivity contribution in [3.05, 3.63) is 172 Å². The molecule has 1 saturated heterocycles. The number of thiazole rings is 1. The maximum atomic E-state index is 14.1. The number of rotatable bonds is 17. The fraction of sp³-hybridized carbons (Fsp3) is 0.205. The quantitative estimate of drug-likeness (QED) is 0.0187. The van der Waals surface area contributed by atoms with Crippen LogP contribution in [0.2, 0.25) is 0 Å². The number of carbonyl (C=O) groups excluding carboxylic acids is 3. The van der Waals surface area contributed by atoms with E-state index in [1.165, 1.54) is 28.0 Å². The van der Waals surface area contributed by atoms with E-state index in [0.29, 0.717) is 22.2 Å². The zero-order valence-electron chi connectivity index (χ0n) is 31.8. The normalized spacial score (nSPS) is 16.6. The number of fused-ring (bicyclic) bond motifs is 1. The molecule has 0 saturated carbocycles. The van der Waals surface area contributed by atoms with Gasteiger partial charge in [0.15, 0.2) is 10.8 Å². The van der Waals surface area contributed by atoms with Crippen molar-refractivity contribution < 1.29 is 33.1 Å². The Balaban J connectivity index is 1.14. The number of allylic oxidation sites excluding steroid dienone is 2. The third kappa shape index (κ3) is 8.89. The Morgan fingerprint density at radius 2 is 1.59 bits per heavy atom.